The Balaban J connectivity index is 2.22. The van der Waals surface area contributed by atoms with Gasteiger partial charge < -0.3 is 9.88 Å². The van der Waals surface area contributed by atoms with E-state index in [1.54, 1.807) is 35.2 Å². The summed E-state index contributed by atoms with van der Waals surface area (Å²) in [5.74, 6) is 0.0977. The van der Waals surface area contributed by atoms with E-state index in [9.17, 15) is 9.59 Å². The highest BCUT2D eigenvalue weighted by Gasteiger charge is 2.22. The van der Waals surface area contributed by atoms with E-state index in [0.29, 0.717) is 17.2 Å². The van der Waals surface area contributed by atoms with Crippen LogP contribution >= 0.6 is 11.3 Å². The van der Waals surface area contributed by atoms with Gasteiger partial charge in [0.15, 0.2) is 5.78 Å². The third kappa shape index (κ3) is 3.42. The number of amides is 1. The van der Waals surface area contributed by atoms with Gasteiger partial charge >= 0.3 is 0 Å². The number of Topliss-reactive ketones (excluding diaryl/α,β-unsaturated/α-hetero) is 1. The molecule has 0 fully saturated rings. The fourth-order valence-corrected chi connectivity index (χ4v) is 3.18. The second-order valence-corrected chi connectivity index (χ2v) is 6.47. The Morgan fingerprint density at radius 2 is 2.05 bits per heavy atom. The fraction of sp³-hybridized carbons (Fsp3) is 0.375. The molecule has 112 valence electrons. The quantitative estimate of drug-likeness (QED) is 0.861. The number of carbonyl (C=O) groups is 2. The van der Waals surface area contributed by atoms with Crippen LogP contribution in [0.15, 0.2) is 29.8 Å². The summed E-state index contributed by atoms with van der Waals surface area (Å²) >= 11 is 1.64. The number of hydrogen-bond acceptors (Lipinski definition) is 3. The largest absolute Gasteiger partial charge is 0.346 e. The lowest BCUT2D eigenvalue weighted by Crippen LogP contribution is -2.32. The maximum atomic E-state index is 12.5. The van der Waals surface area contributed by atoms with E-state index < -0.39 is 0 Å². The van der Waals surface area contributed by atoms with Crippen LogP contribution in [0.2, 0.25) is 0 Å². The summed E-state index contributed by atoms with van der Waals surface area (Å²) in [5.41, 5.74) is 1.06. The van der Waals surface area contributed by atoms with Crippen LogP contribution in [-0.2, 0) is 7.05 Å². The lowest BCUT2D eigenvalue weighted by molar-refractivity contribution is 0.0918. The van der Waals surface area contributed by atoms with Crippen LogP contribution in [0.1, 0.15) is 52.5 Å². The van der Waals surface area contributed by atoms with Crippen molar-refractivity contribution >= 4 is 23.0 Å². The second kappa shape index (κ2) is 6.26. The van der Waals surface area contributed by atoms with Gasteiger partial charge in [0.2, 0.25) is 0 Å². The van der Waals surface area contributed by atoms with E-state index in [1.807, 2.05) is 17.5 Å². The minimum atomic E-state index is -0.155. The summed E-state index contributed by atoms with van der Waals surface area (Å²) < 4.78 is 1.69. The van der Waals surface area contributed by atoms with Crippen LogP contribution < -0.4 is 5.32 Å². The van der Waals surface area contributed by atoms with Gasteiger partial charge in [0.05, 0.1) is 6.04 Å². The molecule has 1 atom stereocenters. The number of thiophene rings is 1. The van der Waals surface area contributed by atoms with Crippen molar-refractivity contribution in [1.29, 1.82) is 0 Å². The highest BCUT2D eigenvalue weighted by atomic mass is 32.1. The molecular weight excluding hydrogens is 284 g/mol. The Morgan fingerprint density at radius 1 is 1.33 bits per heavy atom. The molecule has 4 nitrogen and oxygen atoms in total. The van der Waals surface area contributed by atoms with E-state index in [-0.39, 0.29) is 17.7 Å². The van der Waals surface area contributed by atoms with Crippen molar-refractivity contribution in [1.82, 2.24) is 9.88 Å². The zero-order chi connectivity index (χ0) is 15.6. The molecule has 0 aromatic carbocycles. The zero-order valence-corrected chi connectivity index (χ0v) is 13.5. The van der Waals surface area contributed by atoms with Crippen molar-refractivity contribution in [3.8, 4) is 0 Å². The average molecular weight is 304 g/mol. The molecule has 2 aromatic heterocycles. The Morgan fingerprint density at radius 3 is 2.52 bits per heavy atom. The fourth-order valence-electron chi connectivity index (χ4n) is 2.23. The van der Waals surface area contributed by atoms with Gasteiger partial charge in [-0.05, 0) is 30.4 Å². The summed E-state index contributed by atoms with van der Waals surface area (Å²) in [5, 5.41) is 5.07. The predicted octanol–water partition coefficient (Wildman–Crippen LogP) is 3.42. The van der Waals surface area contributed by atoms with Gasteiger partial charge in [-0.25, -0.2) is 0 Å². The van der Waals surface area contributed by atoms with E-state index >= 15 is 0 Å². The van der Waals surface area contributed by atoms with E-state index in [2.05, 4.69) is 19.2 Å². The van der Waals surface area contributed by atoms with Crippen LogP contribution in [0.5, 0.6) is 0 Å². The van der Waals surface area contributed by atoms with Crippen molar-refractivity contribution in [2.24, 2.45) is 13.0 Å². The molecule has 0 spiro atoms. The first-order valence-electron chi connectivity index (χ1n) is 6.91. The first kappa shape index (κ1) is 15.5. The molecule has 0 aliphatic rings. The molecule has 0 saturated carbocycles. The van der Waals surface area contributed by atoms with Crippen LogP contribution in [0.3, 0.4) is 0 Å². The average Bonchev–Trinajstić information content (AvgIpc) is 3.04. The molecule has 0 saturated heterocycles. The maximum absolute atomic E-state index is 12.5. The van der Waals surface area contributed by atoms with E-state index in [1.165, 1.54) is 6.92 Å². The van der Waals surface area contributed by atoms with Crippen LogP contribution in [-0.4, -0.2) is 16.3 Å². The molecule has 2 aromatic rings. The topological polar surface area (TPSA) is 51.1 Å². The van der Waals surface area contributed by atoms with Gasteiger partial charge in [0.25, 0.3) is 5.91 Å². The molecule has 0 aliphatic heterocycles. The van der Waals surface area contributed by atoms with Crippen molar-refractivity contribution in [2.45, 2.75) is 26.8 Å². The smallest absolute Gasteiger partial charge is 0.268 e. The summed E-state index contributed by atoms with van der Waals surface area (Å²) in [6.45, 7) is 5.66. The molecule has 1 amide bonds. The second-order valence-electron chi connectivity index (χ2n) is 5.49. The number of carbonyl (C=O) groups excluding carboxylic acids is 2. The Hall–Kier alpha value is -1.88. The zero-order valence-electron chi connectivity index (χ0n) is 12.7. The summed E-state index contributed by atoms with van der Waals surface area (Å²) in [6, 6.07) is 5.64. The van der Waals surface area contributed by atoms with Crippen molar-refractivity contribution in [3.05, 3.63) is 45.9 Å². The molecule has 0 bridgehead atoms. The number of rotatable bonds is 5. The summed E-state index contributed by atoms with van der Waals surface area (Å²) in [4.78, 5) is 25.0. The molecule has 2 rings (SSSR count). The van der Waals surface area contributed by atoms with Gasteiger partial charge in [-0.15, -0.1) is 11.3 Å². The SMILES string of the molecule is CC(=O)c1cc(C(=O)N[C@@H](c2cccs2)C(C)C)n(C)c1. The minimum absolute atomic E-state index is 0.0202. The molecule has 0 unspecified atom stereocenters. The monoisotopic (exact) mass is 304 g/mol. The molecule has 1 N–H and O–H groups in total. The van der Waals surface area contributed by atoms with Crippen LogP contribution in [0.4, 0.5) is 0 Å². The number of aromatic nitrogens is 1. The Bertz CT molecular complexity index is 641. The Labute approximate surface area is 128 Å². The first-order valence-corrected chi connectivity index (χ1v) is 7.79. The summed E-state index contributed by atoms with van der Waals surface area (Å²) in [7, 11) is 1.77. The highest BCUT2D eigenvalue weighted by Crippen LogP contribution is 2.26. The summed E-state index contributed by atoms with van der Waals surface area (Å²) in [6.07, 6.45) is 1.69. The molecule has 0 aliphatic carbocycles. The van der Waals surface area contributed by atoms with Gasteiger partial charge in [-0.1, -0.05) is 19.9 Å². The van der Waals surface area contributed by atoms with E-state index in [0.717, 1.165) is 4.88 Å². The van der Waals surface area contributed by atoms with Gasteiger partial charge in [0.1, 0.15) is 5.69 Å². The number of hydrogen-bond donors (Lipinski definition) is 1. The number of aryl methyl sites for hydroxylation is 1. The molecule has 0 radical (unpaired) electrons. The van der Waals surface area contributed by atoms with Gasteiger partial charge in [0, 0.05) is 23.7 Å². The van der Waals surface area contributed by atoms with Crippen molar-refractivity contribution < 1.29 is 9.59 Å². The minimum Gasteiger partial charge on any atom is -0.346 e. The number of nitrogens with one attached hydrogen (secondary N) is 1. The van der Waals surface area contributed by atoms with E-state index in [4.69, 9.17) is 0 Å². The highest BCUT2D eigenvalue weighted by molar-refractivity contribution is 7.10. The van der Waals surface area contributed by atoms with Crippen molar-refractivity contribution in [3.63, 3.8) is 0 Å². The van der Waals surface area contributed by atoms with Crippen LogP contribution in [0, 0.1) is 5.92 Å². The lowest BCUT2D eigenvalue weighted by atomic mass is 10.0. The first-order chi connectivity index (χ1) is 9.90. The third-order valence-corrected chi connectivity index (χ3v) is 4.40. The van der Waals surface area contributed by atoms with Crippen molar-refractivity contribution in [2.75, 3.05) is 0 Å². The lowest BCUT2D eigenvalue weighted by Gasteiger charge is -2.21. The van der Waals surface area contributed by atoms with Gasteiger partial charge in [-0.2, -0.15) is 0 Å². The number of ketones is 1. The molecule has 2 heterocycles. The molecular formula is C16H20N2O2S. The standard InChI is InChI=1S/C16H20N2O2S/c1-10(2)15(14-6-5-7-21-14)17-16(20)13-8-12(11(3)19)9-18(13)4/h5-10,15H,1-4H3,(H,17,20)/t15-/m1/s1. The molecule has 21 heavy (non-hydrogen) atoms. The normalized spacial score (nSPS) is 12.4. The van der Waals surface area contributed by atoms with Gasteiger partial charge in [-0.3, -0.25) is 9.59 Å². The predicted molar refractivity (Wildman–Crippen MR) is 84.8 cm³/mol. The molecule has 5 heteroatoms. The Kier molecular flexibility index (Phi) is 4.63. The third-order valence-electron chi connectivity index (χ3n) is 3.45. The van der Waals surface area contributed by atoms with Crippen LogP contribution in [0.25, 0.3) is 0 Å². The maximum Gasteiger partial charge on any atom is 0.268 e. The number of nitrogens with zero attached hydrogens (tertiary/aromatic N) is 1.